The molecule has 1 aromatic carbocycles. The van der Waals surface area contributed by atoms with E-state index >= 15 is 0 Å². The van der Waals surface area contributed by atoms with Crippen molar-refractivity contribution >= 4 is 5.69 Å². The Morgan fingerprint density at radius 3 is 2.78 bits per heavy atom. The largest absolute Gasteiger partial charge is 0.399 e. The highest BCUT2D eigenvalue weighted by atomic mass is 15.5. The molecule has 2 N–H and O–H groups in total. The molecule has 0 spiro atoms. The summed E-state index contributed by atoms with van der Waals surface area (Å²) in [5.74, 6) is 1.45. The van der Waals surface area contributed by atoms with E-state index in [1.165, 1.54) is 32.1 Å². The minimum absolute atomic E-state index is 0.482. The van der Waals surface area contributed by atoms with Gasteiger partial charge in [-0.15, -0.1) is 5.10 Å². The van der Waals surface area contributed by atoms with Crippen LogP contribution in [0, 0.1) is 0 Å². The molecule has 1 aromatic heterocycles. The summed E-state index contributed by atoms with van der Waals surface area (Å²) in [5, 5.41) is 12.1. The third kappa shape index (κ3) is 2.08. The van der Waals surface area contributed by atoms with Gasteiger partial charge in [0.1, 0.15) is 0 Å². The Kier molecular flexibility index (Phi) is 2.96. The second-order valence-corrected chi connectivity index (χ2v) is 4.88. The number of rotatable bonds is 2. The molecule has 3 rings (SSSR count). The maximum atomic E-state index is 5.81. The number of nitrogens with zero attached hydrogens (tertiary/aromatic N) is 4. The lowest BCUT2D eigenvalue weighted by molar-refractivity contribution is 0.422. The first-order valence-electron chi connectivity index (χ1n) is 6.49. The quantitative estimate of drug-likeness (QED) is 0.821. The minimum atomic E-state index is 0.482. The van der Waals surface area contributed by atoms with E-state index in [4.69, 9.17) is 5.73 Å². The summed E-state index contributed by atoms with van der Waals surface area (Å²) in [5.41, 5.74) is 7.49. The third-order valence-electron chi connectivity index (χ3n) is 3.58. The number of tetrazole rings is 1. The first kappa shape index (κ1) is 11.2. The van der Waals surface area contributed by atoms with Gasteiger partial charge in [0.15, 0.2) is 5.82 Å². The fraction of sp³-hybridized carbons (Fsp3) is 0.462. The van der Waals surface area contributed by atoms with Gasteiger partial charge in [-0.25, -0.2) is 0 Å². The third-order valence-corrected chi connectivity index (χ3v) is 3.58. The molecule has 1 aliphatic carbocycles. The smallest absolute Gasteiger partial charge is 0.159 e. The van der Waals surface area contributed by atoms with Crippen LogP contribution in [0.25, 0.3) is 5.69 Å². The van der Waals surface area contributed by atoms with Gasteiger partial charge in [0.2, 0.25) is 0 Å². The fourth-order valence-electron chi connectivity index (χ4n) is 2.65. The summed E-state index contributed by atoms with van der Waals surface area (Å²) in [6, 6.07) is 7.69. The molecule has 0 bridgehead atoms. The van der Waals surface area contributed by atoms with Crippen LogP contribution in [0.5, 0.6) is 0 Å². The molecular formula is C13H17N5. The van der Waals surface area contributed by atoms with Gasteiger partial charge in [0.25, 0.3) is 0 Å². The van der Waals surface area contributed by atoms with Gasteiger partial charge in [0.05, 0.1) is 5.69 Å². The Labute approximate surface area is 106 Å². The zero-order valence-corrected chi connectivity index (χ0v) is 10.3. The highest BCUT2D eigenvalue weighted by molar-refractivity contribution is 5.47. The predicted molar refractivity (Wildman–Crippen MR) is 69.4 cm³/mol. The van der Waals surface area contributed by atoms with Crippen molar-refractivity contribution in [2.24, 2.45) is 0 Å². The van der Waals surface area contributed by atoms with Crippen LogP contribution in [-0.2, 0) is 0 Å². The standard InChI is InChI=1S/C13H17N5/c14-11-7-4-8-12(9-11)18-13(15-16-17-18)10-5-2-1-3-6-10/h4,7-10H,1-3,5-6,14H2. The molecule has 0 saturated heterocycles. The lowest BCUT2D eigenvalue weighted by Crippen LogP contribution is -2.12. The van der Waals surface area contributed by atoms with Crippen molar-refractivity contribution in [1.29, 1.82) is 0 Å². The molecule has 1 heterocycles. The topological polar surface area (TPSA) is 69.6 Å². The summed E-state index contributed by atoms with van der Waals surface area (Å²) in [7, 11) is 0. The first-order valence-corrected chi connectivity index (χ1v) is 6.49. The number of aromatic nitrogens is 4. The number of benzene rings is 1. The molecule has 0 radical (unpaired) electrons. The van der Waals surface area contributed by atoms with Crippen molar-refractivity contribution in [3.8, 4) is 5.69 Å². The van der Waals surface area contributed by atoms with Crippen LogP contribution in [0.15, 0.2) is 24.3 Å². The SMILES string of the molecule is Nc1cccc(-n2nnnc2C2CCCCC2)c1. The second kappa shape index (κ2) is 4.76. The number of hydrogen-bond donors (Lipinski definition) is 1. The van der Waals surface area contributed by atoms with E-state index in [2.05, 4.69) is 15.5 Å². The first-order chi connectivity index (χ1) is 8.84. The van der Waals surface area contributed by atoms with Crippen molar-refractivity contribution in [1.82, 2.24) is 20.2 Å². The van der Waals surface area contributed by atoms with Crippen molar-refractivity contribution in [2.75, 3.05) is 5.73 Å². The van der Waals surface area contributed by atoms with E-state index in [-0.39, 0.29) is 0 Å². The minimum Gasteiger partial charge on any atom is -0.399 e. The van der Waals surface area contributed by atoms with E-state index < -0.39 is 0 Å². The number of anilines is 1. The van der Waals surface area contributed by atoms with Gasteiger partial charge in [-0.05, 0) is 41.5 Å². The monoisotopic (exact) mass is 243 g/mol. The zero-order valence-electron chi connectivity index (χ0n) is 10.3. The van der Waals surface area contributed by atoms with Gasteiger partial charge in [-0.3, -0.25) is 0 Å². The molecule has 1 saturated carbocycles. The Morgan fingerprint density at radius 2 is 2.00 bits per heavy atom. The van der Waals surface area contributed by atoms with Crippen LogP contribution >= 0.6 is 0 Å². The molecule has 0 aliphatic heterocycles. The van der Waals surface area contributed by atoms with Gasteiger partial charge >= 0.3 is 0 Å². The molecule has 0 atom stereocenters. The number of hydrogen-bond acceptors (Lipinski definition) is 4. The van der Waals surface area contributed by atoms with Crippen LogP contribution in [0.4, 0.5) is 5.69 Å². The summed E-state index contributed by atoms with van der Waals surface area (Å²) in [6.45, 7) is 0. The predicted octanol–water partition coefficient (Wildman–Crippen LogP) is 2.29. The lowest BCUT2D eigenvalue weighted by atomic mass is 9.89. The molecule has 18 heavy (non-hydrogen) atoms. The second-order valence-electron chi connectivity index (χ2n) is 4.88. The Balaban J connectivity index is 1.95. The van der Waals surface area contributed by atoms with Crippen molar-refractivity contribution in [2.45, 2.75) is 38.0 Å². The van der Waals surface area contributed by atoms with Gasteiger partial charge in [-0.2, -0.15) is 4.68 Å². The molecular weight excluding hydrogens is 226 g/mol. The van der Waals surface area contributed by atoms with Crippen LogP contribution < -0.4 is 5.73 Å². The van der Waals surface area contributed by atoms with E-state index in [1.54, 1.807) is 0 Å². The zero-order chi connectivity index (χ0) is 12.4. The van der Waals surface area contributed by atoms with Crippen LogP contribution in [0.2, 0.25) is 0 Å². The molecule has 5 heteroatoms. The number of nitrogen functional groups attached to an aromatic ring is 1. The van der Waals surface area contributed by atoms with Gasteiger partial charge < -0.3 is 5.73 Å². The van der Waals surface area contributed by atoms with Gasteiger partial charge in [0, 0.05) is 11.6 Å². The van der Waals surface area contributed by atoms with E-state index in [0.29, 0.717) is 5.92 Å². The van der Waals surface area contributed by atoms with Crippen LogP contribution in [0.3, 0.4) is 0 Å². The van der Waals surface area contributed by atoms with E-state index in [9.17, 15) is 0 Å². The summed E-state index contributed by atoms with van der Waals surface area (Å²) < 4.78 is 1.83. The molecule has 2 aromatic rings. The Morgan fingerprint density at radius 1 is 1.17 bits per heavy atom. The number of nitrogens with two attached hydrogens (primary N) is 1. The van der Waals surface area contributed by atoms with E-state index in [0.717, 1.165) is 17.2 Å². The summed E-state index contributed by atoms with van der Waals surface area (Å²) in [4.78, 5) is 0. The van der Waals surface area contributed by atoms with Crippen LogP contribution in [0.1, 0.15) is 43.8 Å². The normalized spacial score (nSPS) is 16.9. The maximum absolute atomic E-state index is 5.81. The van der Waals surface area contributed by atoms with Crippen molar-refractivity contribution in [3.05, 3.63) is 30.1 Å². The average molecular weight is 243 g/mol. The molecule has 1 fully saturated rings. The molecule has 0 amide bonds. The maximum Gasteiger partial charge on any atom is 0.159 e. The highest BCUT2D eigenvalue weighted by Gasteiger charge is 2.22. The van der Waals surface area contributed by atoms with E-state index in [1.807, 2.05) is 28.9 Å². The summed E-state index contributed by atoms with van der Waals surface area (Å²) in [6.07, 6.45) is 6.24. The van der Waals surface area contributed by atoms with Gasteiger partial charge in [-0.1, -0.05) is 25.3 Å². The molecule has 5 nitrogen and oxygen atoms in total. The lowest BCUT2D eigenvalue weighted by Gasteiger charge is -2.20. The Hall–Kier alpha value is -1.91. The molecule has 0 unspecified atom stereocenters. The highest BCUT2D eigenvalue weighted by Crippen LogP contribution is 2.31. The molecule has 94 valence electrons. The van der Waals surface area contributed by atoms with Crippen molar-refractivity contribution < 1.29 is 0 Å². The van der Waals surface area contributed by atoms with Crippen LogP contribution in [-0.4, -0.2) is 20.2 Å². The molecule has 1 aliphatic rings. The average Bonchev–Trinajstić information content (AvgIpc) is 2.89. The fourth-order valence-corrected chi connectivity index (χ4v) is 2.65. The summed E-state index contributed by atoms with van der Waals surface area (Å²) >= 11 is 0. The van der Waals surface area contributed by atoms with Crippen molar-refractivity contribution in [3.63, 3.8) is 0 Å². The Bertz CT molecular complexity index is 528.